The molecule has 1 aliphatic heterocycles. The van der Waals surface area contributed by atoms with E-state index in [9.17, 15) is 22.8 Å². The zero-order valence-corrected chi connectivity index (χ0v) is 12.2. The molecule has 0 aromatic heterocycles. The van der Waals surface area contributed by atoms with E-state index < -0.39 is 29.7 Å². The number of alkyl halides is 3. The molecule has 1 atom stereocenters. The molecule has 1 aromatic carbocycles. The van der Waals surface area contributed by atoms with E-state index in [1.807, 2.05) is 0 Å². The lowest BCUT2D eigenvalue weighted by atomic mass is 10.0. The molecule has 1 amide bonds. The summed E-state index contributed by atoms with van der Waals surface area (Å²) in [5, 5.41) is 9.13. The largest absolute Gasteiger partial charge is 0.480 e. The molecule has 7 heteroatoms. The second-order valence-electron chi connectivity index (χ2n) is 5.30. The van der Waals surface area contributed by atoms with Crippen molar-refractivity contribution in [3.05, 3.63) is 42.0 Å². The summed E-state index contributed by atoms with van der Waals surface area (Å²) in [6, 6.07) is 5.91. The SMILES string of the molecule is O=C(O)C1CCCCN1C(=O)/C=C(/c1ccccc1)C(F)(F)F. The highest BCUT2D eigenvalue weighted by molar-refractivity contribution is 5.98. The third kappa shape index (κ3) is 4.12. The van der Waals surface area contributed by atoms with Crippen LogP contribution in [0.4, 0.5) is 13.2 Å². The molecule has 1 N–H and O–H groups in total. The molecule has 23 heavy (non-hydrogen) atoms. The minimum absolute atomic E-state index is 0.128. The number of benzene rings is 1. The van der Waals surface area contributed by atoms with Gasteiger partial charge in [-0.2, -0.15) is 13.2 Å². The van der Waals surface area contributed by atoms with Crippen LogP contribution < -0.4 is 0 Å². The predicted octanol–water partition coefficient (Wildman–Crippen LogP) is 3.10. The van der Waals surface area contributed by atoms with Gasteiger partial charge in [0, 0.05) is 12.6 Å². The molecule has 0 spiro atoms. The smallest absolute Gasteiger partial charge is 0.417 e. The van der Waals surface area contributed by atoms with E-state index in [-0.39, 0.29) is 18.5 Å². The molecule has 1 fully saturated rings. The number of carbonyl (C=O) groups is 2. The van der Waals surface area contributed by atoms with E-state index in [0.717, 1.165) is 4.90 Å². The van der Waals surface area contributed by atoms with Crippen LogP contribution in [0, 0.1) is 0 Å². The number of carboxylic acids is 1. The first-order valence-electron chi connectivity index (χ1n) is 7.18. The van der Waals surface area contributed by atoms with Crippen molar-refractivity contribution in [2.75, 3.05) is 6.54 Å². The second-order valence-corrected chi connectivity index (χ2v) is 5.30. The first-order valence-corrected chi connectivity index (χ1v) is 7.18. The highest BCUT2D eigenvalue weighted by atomic mass is 19.4. The topological polar surface area (TPSA) is 57.6 Å². The van der Waals surface area contributed by atoms with Gasteiger partial charge in [-0.15, -0.1) is 0 Å². The Labute approximate surface area is 131 Å². The Morgan fingerprint density at radius 1 is 1.17 bits per heavy atom. The Bertz CT molecular complexity index is 611. The van der Waals surface area contributed by atoms with Gasteiger partial charge in [-0.25, -0.2) is 4.79 Å². The van der Waals surface area contributed by atoms with Crippen LogP contribution in [0.3, 0.4) is 0 Å². The normalized spacial score (nSPS) is 19.5. The number of rotatable bonds is 3. The number of allylic oxidation sites excluding steroid dienone is 1. The second kappa shape index (κ2) is 6.85. The third-order valence-electron chi connectivity index (χ3n) is 3.73. The Kier molecular flexibility index (Phi) is 5.08. The molecule has 2 rings (SSSR count). The first kappa shape index (κ1) is 17.1. The summed E-state index contributed by atoms with van der Waals surface area (Å²) < 4.78 is 39.7. The number of carbonyl (C=O) groups excluding carboxylic acids is 1. The van der Waals surface area contributed by atoms with Crippen molar-refractivity contribution >= 4 is 17.4 Å². The van der Waals surface area contributed by atoms with Gasteiger partial charge in [0.1, 0.15) is 6.04 Å². The highest BCUT2D eigenvalue weighted by Crippen LogP contribution is 2.34. The number of halogens is 3. The zero-order valence-electron chi connectivity index (χ0n) is 12.2. The van der Waals surface area contributed by atoms with Gasteiger partial charge in [0.15, 0.2) is 0 Å². The number of aliphatic carboxylic acids is 1. The standard InChI is InChI=1S/C16H16F3NO3/c17-16(18,19)12(11-6-2-1-3-7-11)10-14(21)20-9-5-4-8-13(20)15(22)23/h1-3,6-7,10,13H,4-5,8-9H2,(H,22,23)/b12-10-. The lowest BCUT2D eigenvalue weighted by Gasteiger charge is -2.32. The van der Waals surface area contributed by atoms with E-state index >= 15 is 0 Å². The highest BCUT2D eigenvalue weighted by Gasteiger charge is 2.37. The maximum absolute atomic E-state index is 13.2. The first-order chi connectivity index (χ1) is 10.8. The molecule has 4 nitrogen and oxygen atoms in total. The van der Waals surface area contributed by atoms with Gasteiger partial charge in [0.25, 0.3) is 0 Å². The molecule has 1 unspecified atom stereocenters. The van der Waals surface area contributed by atoms with Crippen molar-refractivity contribution in [3.8, 4) is 0 Å². The summed E-state index contributed by atoms with van der Waals surface area (Å²) in [6.45, 7) is 0.145. The van der Waals surface area contributed by atoms with Gasteiger partial charge >= 0.3 is 12.1 Å². The molecule has 0 aliphatic carbocycles. The van der Waals surface area contributed by atoms with Crippen LogP contribution in [-0.2, 0) is 9.59 Å². The number of piperidine rings is 1. The summed E-state index contributed by atoms with van der Waals surface area (Å²) in [7, 11) is 0. The maximum Gasteiger partial charge on any atom is 0.417 e. The van der Waals surface area contributed by atoms with E-state index in [2.05, 4.69) is 0 Å². The number of likely N-dealkylation sites (tertiary alicyclic amines) is 1. The number of carboxylic acid groups (broad SMARTS) is 1. The lowest BCUT2D eigenvalue weighted by Crippen LogP contribution is -2.47. The molecule has 1 aromatic rings. The fourth-order valence-electron chi connectivity index (χ4n) is 2.61. The average Bonchev–Trinajstić information content (AvgIpc) is 2.52. The minimum Gasteiger partial charge on any atom is -0.480 e. The Morgan fingerprint density at radius 2 is 1.83 bits per heavy atom. The molecule has 0 bridgehead atoms. The average molecular weight is 327 g/mol. The van der Waals surface area contributed by atoms with Crippen LogP contribution in [0.5, 0.6) is 0 Å². The van der Waals surface area contributed by atoms with E-state index in [1.165, 1.54) is 24.3 Å². The summed E-state index contributed by atoms with van der Waals surface area (Å²) in [5.41, 5.74) is -1.20. The molecule has 1 aliphatic rings. The summed E-state index contributed by atoms with van der Waals surface area (Å²) in [5.74, 6) is -2.12. The van der Waals surface area contributed by atoms with Crippen molar-refractivity contribution in [1.82, 2.24) is 4.90 Å². The molecule has 124 valence electrons. The fourth-order valence-corrected chi connectivity index (χ4v) is 2.61. The van der Waals surface area contributed by atoms with Gasteiger partial charge in [-0.05, 0) is 24.8 Å². The van der Waals surface area contributed by atoms with Gasteiger partial charge in [0.2, 0.25) is 5.91 Å². The third-order valence-corrected chi connectivity index (χ3v) is 3.73. The van der Waals surface area contributed by atoms with Crippen LogP contribution in [0.15, 0.2) is 36.4 Å². The molecule has 0 saturated carbocycles. The van der Waals surface area contributed by atoms with Gasteiger partial charge in [-0.3, -0.25) is 4.79 Å². The zero-order chi connectivity index (χ0) is 17.0. The number of hydrogen-bond acceptors (Lipinski definition) is 2. The van der Waals surface area contributed by atoms with E-state index in [4.69, 9.17) is 5.11 Å². The van der Waals surface area contributed by atoms with E-state index in [1.54, 1.807) is 6.07 Å². The summed E-state index contributed by atoms with van der Waals surface area (Å²) in [4.78, 5) is 24.4. The number of nitrogens with zero attached hydrogens (tertiary/aromatic N) is 1. The van der Waals surface area contributed by atoms with Crippen LogP contribution in [0.25, 0.3) is 5.57 Å². The van der Waals surface area contributed by atoms with Gasteiger partial charge in [-0.1, -0.05) is 30.3 Å². The van der Waals surface area contributed by atoms with Crippen molar-refractivity contribution in [2.45, 2.75) is 31.5 Å². The van der Waals surface area contributed by atoms with Gasteiger partial charge < -0.3 is 10.0 Å². The number of amides is 1. The van der Waals surface area contributed by atoms with Crippen LogP contribution in [0.2, 0.25) is 0 Å². The molecule has 1 heterocycles. The Morgan fingerprint density at radius 3 is 2.39 bits per heavy atom. The van der Waals surface area contributed by atoms with Crippen LogP contribution in [0.1, 0.15) is 24.8 Å². The van der Waals surface area contributed by atoms with Crippen molar-refractivity contribution in [3.63, 3.8) is 0 Å². The van der Waals surface area contributed by atoms with Crippen molar-refractivity contribution in [1.29, 1.82) is 0 Å². The monoisotopic (exact) mass is 327 g/mol. The minimum atomic E-state index is -4.70. The quantitative estimate of drug-likeness (QED) is 0.868. The lowest BCUT2D eigenvalue weighted by molar-refractivity contribution is -0.150. The molecular formula is C16H16F3NO3. The van der Waals surface area contributed by atoms with Crippen LogP contribution in [-0.4, -0.2) is 40.6 Å². The molecule has 0 radical (unpaired) electrons. The maximum atomic E-state index is 13.2. The van der Waals surface area contributed by atoms with Gasteiger partial charge in [0.05, 0.1) is 5.57 Å². The summed E-state index contributed by atoms with van der Waals surface area (Å²) in [6.07, 6.45) is -2.74. The fraction of sp³-hybridized carbons (Fsp3) is 0.375. The van der Waals surface area contributed by atoms with Crippen LogP contribution >= 0.6 is 0 Å². The van der Waals surface area contributed by atoms with E-state index in [0.29, 0.717) is 18.9 Å². The predicted molar refractivity (Wildman–Crippen MR) is 77.5 cm³/mol. The Balaban J connectivity index is 2.35. The molecular weight excluding hydrogens is 311 g/mol. The Hall–Kier alpha value is -2.31. The summed E-state index contributed by atoms with van der Waals surface area (Å²) >= 11 is 0. The van der Waals surface area contributed by atoms with Crippen molar-refractivity contribution in [2.24, 2.45) is 0 Å². The number of hydrogen-bond donors (Lipinski definition) is 1. The molecule has 1 saturated heterocycles. The van der Waals surface area contributed by atoms with Crippen molar-refractivity contribution < 1.29 is 27.9 Å².